The summed E-state index contributed by atoms with van der Waals surface area (Å²) in [5, 5.41) is 2.89. The summed E-state index contributed by atoms with van der Waals surface area (Å²) < 4.78 is 22.0. The monoisotopic (exact) mass is 409 g/mol. The second-order valence-electron chi connectivity index (χ2n) is 7.09. The Morgan fingerprint density at radius 1 is 1.13 bits per heavy atom. The van der Waals surface area contributed by atoms with E-state index in [1.165, 1.54) is 13.2 Å². The van der Waals surface area contributed by atoms with E-state index >= 15 is 0 Å². The number of amides is 1. The maximum absolute atomic E-state index is 12.6. The van der Waals surface area contributed by atoms with Gasteiger partial charge in [0, 0.05) is 17.7 Å². The lowest BCUT2D eigenvalue weighted by Gasteiger charge is -2.21. The van der Waals surface area contributed by atoms with Gasteiger partial charge in [-0.05, 0) is 36.6 Å². The lowest BCUT2D eigenvalue weighted by atomic mass is 10.1. The van der Waals surface area contributed by atoms with Gasteiger partial charge in [0.15, 0.2) is 11.5 Å². The Balaban J connectivity index is 1.49. The minimum absolute atomic E-state index is 0.170. The fourth-order valence-corrected chi connectivity index (χ4v) is 3.11. The van der Waals surface area contributed by atoms with Crippen molar-refractivity contribution >= 4 is 18.0 Å². The fourth-order valence-electron chi connectivity index (χ4n) is 3.11. The van der Waals surface area contributed by atoms with Gasteiger partial charge in [-0.1, -0.05) is 30.3 Å². The molecule has 4 rings (SSSR count). The molecule has 0 saturated heterocycles. The van der Waals surface area contributed by atoms with E-state index < -0.39 is 12.1 Å². The highest BCUT2D eigenvalue weighted by Gasteiger charge is 2.30. The summed E-state index contributed by atoms with van der Waals surface area (Å²) in [7, 11) is 1.54. The van der Waals surface area contributed by atoms with Crippen LogP contribution in [0.4, 0.5) is 0 Å². The van der Waals surface area contributed by atoms with Crippen LogP contribution in [0.25, 0.3) is 6.08 Å². The maximum atomic E-state index is 12.6. The van der Waals surface area contributed by atoms with Gasteiger partial charge in [-0.2, -0.15) is 0 Å². The summed E-state index contributed by atoms with van der Waals surface area (Å²) in [6.07, 6.45) is 3.77. The molecule has 1 aliphatic carbocycles. The van der Waals surface area contributed by atoms with Gasteiger partial charge in [0.2, 0.25) is 11.9 Å². The third kappa shape index (κ3) is 4.74. The Morgan fingerprint density at radius 2 is 1.90 bits per heavy atom. The van der Waals surface area contributed by atoms with Crippen molar-refractivity contribution in [3.05, 3.63) is 59.7 Å². The number of ether oxygens (including phenoxy) is 4. The van der Waals surface area contributed by atoms with Gasteiger partial charge in [0.05, 0.1) is 7.11 Å². The second-order valence-corrected chi connectivity index (χ2v) is 7.09. The molecule has 1 fully saturated rings. The van der Waals surface area contributed by atoms with E-state index in [0.717, 1.165) is 12.8 Å². The van der Waals surface area contributed by atoms with E-state index in [9.17, 15) is 9.59 Å². The molecule has 1 saturated carbocycles. The molecule has 1 heterocycles. The Bertz CT molecular complexity index is 934. The van der Waals surface area contributed by atoms with Crippen LogP contribution in [0, 0.1) is 0 Å². The van der Waals surface area contributed by atoms with Crippen molar-refractivity contribution in [2.24, 2.45) is 0 Å². The number of carbonyl (C=O) groups excluding carboxylic acids is 2. The average molecular weight is 409 g/mol. The van der Waals surface area contributed by atoms with Crippen LogP contribution in [0.3, 0.4) is 0 Å². The second kappa shape index (κ2) is 8.90. The zero-order chi connectivity index (χ0) is 20.9. The van der Waals surface area contributed by atoms with Crippen molar-refractivity contribution in [3.63, 3.8) is 0 Å². The number of rotatable bonds is 7. The van der Waals surface area contributed by atoms with Crippen LogP contribution in [-0.4, -0.2) is 38.2 Å². The molecule has 7 nitrogen and oxygen atoms in total. The number of hydrogen-bond donors (Lipinski definition) is 1. The molecule has 0 spiro atoms. The Morgan fingerprint density at radius 3 is 2.63 bits per heavy atom. The van der Waals surface area contributed by atoms with Gasteiger partial charge in [0.25, 0.3) is 5.91 Å². The van der Waals surface area contributed by atoms with Crippen molar-refractivity contribution in [2.75, 3.05) is 20.3 Å². The lowest BCUT2D eigenvalue weighted by molar-refractivity contribution is -0.151. The molecular weight excluding hydrogens is 386 g/mol. The van der Waals surface area contributed by atoms with Crippen LogP contribution in [0.1, 0.15) is 30.1 Å². The molecule has 2 aromatic rings. The normalized spacial score (nSPS) is 16.0. The molecule has 7 heteroatoms. The molecule has 1 atom stereocenters. The van der Waals surface area contributed by atoms with Crippen LogP contribution >= 0.6 is 0 Å². The summed E-state index contributed by atoms with van der Waals surface area (Å²) in [4.78, 5) is 25.1. The minimum Gasteiger partial charge on any atom is -0.493 e. The average Bonchev–Trinajstić information content (AvgIpc) is 3.60. The number of hydrogen-bond acceptors (Lipinski definition) is 6. The minimum atomic E-state index is -1.00. The topological polar surface area (TPSA) is 83.1 Å². The van der Waals surface area contributed by atoms with E-state index in [2.05, 4.69) is 5.32 Å². The zero-order valence-corrected chi connectivity index (χ0v) is 16.6. The summed E-state index contributed by atoms with van der Waals surface area (Å²) >= 11 is 0. The molecule has 1 N–H and O–H groups in total. The summed E-state index contributed by atoms with van der Waals surface area (Å²) in [5.41, 5.74) is 1.31. The smallest absolute Gasteiger partial charge is 0.331 e. The molecule has 0 bridgehead atoms. The highest BCUT2D eigenvalue weighted by atomic mass is 16.6. The van der Waals surface area contributed by atoms with Crippen LogP contribution < -0.4 is 19.5 Å². The summed E-state index contributed by atoms with van der Waals surface area (Å²) in [6.45, 7) is 0.898. The van der Waals surface area contributed by atoms with Crippen molar-refractivity contribution in [1.29, 1.82) is 0 Å². The van der Waals surface area contributed by atoms with Crippen LogP contribution in [0.15, 0.2) is 48.5 Å². The molecule has 0 aromatic heterocycles. The van der Waals surface area contributed by atoms with E-state index in [4.69, 9.17) is 18.9 Å². The highest BCUT2D eigenvalue weighted by molar-refractivity contribution is 5.91. The SMILES string of the molecule is COc1cc(/C=C/C(=O)O[C@H](C(=O)NC2CC2)c2ccccc2)cc2c1OCCO2. The third-order valence-corrected chi connectivity index (χ3v) is 4.76. The van der Waals surface area contributed by atoms with Gasteiger partial charge >= 0.3 is 5.97 Å². The molecule has 0 radical (unpaired) electrons. The maximum Gasteiger partial charge on any atom is 0.331 e. The summed E-state index contributed by atoms with van der Waals surface area (Å²) in [5.74, 6) is 0.685. The van der Waals surface area contributed by atoms with Gasteiger partial charge in [-0.3, -0.25) is 4.79 Å². The van der Waals surface area contributed by atoms with Gasteiger partial charge in [0.1, 0.15) is 13.2 Å². The van der Waals surface area contributed by atoms with E-state index in [1.807, 2.05) is 6.07 Å². The highest BCUT2D eigenvalue weighted by Crippen LogP contribution is 2.40. The molecule has 0 unspecified atom stereocenters. The predicted molar refractivity (Wildman–Crippen MR) is 109 cm³/mol. The molecule has 2 aromatic carbocycles. The third-order valence-electron chi connectivity index (χ3n) is 4.76. The number of methoxy groups -OCH3 is 1. The summed E-state index contributed by atoms with van der Waals surface area (Å²) in [6, 6.07) is 12.6. The first-order valence-electron chi connectivity index (χ1n) is 9.85. The van der Waals surface area contributed by atoms with Crippen LogP contribution in [0.2, 0.25) is 0 Å². The van der Waals surface area contributed by atoms with Crippen molar-refractivity contribution in [1.82, 2.24) is 5.32 Å². The van der Waals surface area contributed by atoms with Crippen molar-refractivity contribution in [3.8, 4) is 17.2 Å². The molecule has 156 valence electrons. The molecule has 1 amide bonds. The zero-order valence-electron chi connectivity index (χ0n) is 16.6. The number of benzene rings is 2. The number of carbonyl (C=O) groups is 2. The lowest BCUT2D eigenvalue weighted by Crippen LogP contribution is -2.33. The van der Waals surface area contributed by atoms with E-state index in [1.54, 1.807) is 42.5 Å². The first-order chi connectivity index (χ1) is 14.6. The Hall–Kier alpha value is -3.48. The molecular formula is C23H23NO6. The van der Waals surface area contributed by atoms with Crippen molar-refractivity contribution in [2.45, 2.75) is 25.0 Å². The molecule has 2 aliphatic rings. The van der Waals surface area contributed by atoms with Crippen molar-refractivity contribution < 1.29 is 28.5 Å². The van der Waals surface area contributed by atoms with Crippen LogP contribution in [0.5, 0.6) is 17.2 Å². The Labute approximate surface area is 174 Å². The van der Waals surface area contributed by atoms with E-state index in [-0.39, 0.29) is 11.9 Å². The number of esters is 1. The fraction of sp³-hybridized carbons (Fsp3) is 0.304. The quantitative estimate of drug-likeness (QED) is 0.559. The first-order valence-corrected chi connectivity index (χ1v) is 9.85. The number of fused-ring (bicyclic) bond motifs is 1. The number of nitrogens with one attached hydrogen (secondary N) is 1. The largest absolute Gasteiger partial charge is 0.493 e. The van der Waals surface area contributed by atoms with Gasteiger partial charge < -0.3 is 24.3 Å². The predicted octanol–water partition coefficient (Wildman–Crippen LogP) is 3.04. The molecule has 1 aliphatic heterocycles. The van der Waals surface area contributed by atoms with Gasteiger partial charge in [-0.15, -0.1) is 0 Å². The van der Waals surface area contributed by atoms with Crippen LogP contribution in [-0.2, 0) is 14.3 Å². The van der Waals surface area contributed by atoms with Gasteiger partial charge in [-0.25, -0.2) is 4.79 Å². The standard InChI is InChI=1S/C23H23NO6/c1-27-18-13-15(14-19-22(18)29-12-11-28-19)7-10-20(25)30-21(16-5-3-2-4-6-16)23(26)24-17-8-9-17/h2-7,10,13-14,17,21H,8-9,11-12H2,1H3,(H,24,26)/b10-7+/t21-/m0/s1. The van der Waals surface area contributed by atoms with E-state index in [0.29, 0.717) is 41.6 Å². The Kier molecular flexibility index (Phi) is 5.88. The molecule has 30 heavy (non-hydrogen) atoms. The first kappa shape index (κ1) is 19.8.